The van der Waals surface area contributed by atoms with E-state index >= 15 is 0 Å². The zero-order valence-corrected chi connectivity index (χ0v) is 18.4. The van der Waals surface area contributed by atoms with E-state index in [-0.39, 0.29) is 5.70 Å². The summed E-state index contributed by atoms with van der Waals surface area (Å²) in [6.45, 7) is 0. The van der Waals surface area contributed by atoms with Crippen molar-refractivity contribution in [1.82, 2.24) is 19.8 Å². The van der Waals surface area contributed by atoms with E-state index in [0.717, 1.165) is 16.2 Å². The van der Waals surface area contributed by atoms with Crippen molar-refractivity contribution in [2.45, 2.75) is 15.6 Å². The Hall–Kier alpha value is -2.16. The molecule has 0 radical (unpaired) electrons. The van der Waals surface area contributed by atoms with E-state index in [1.807, 2.05) is 0 Å². The fraction of sp³-hybridized carbons (Fsp3) is 0.400. The molecule has 30 heavy (non-hydrogen) atoms. The molecule has 0 aliphatic carbocycles. The molecule has 2 aliphatic rings. The van der Waals surface area contributed by atoms with Crippen LogP contribution in [-0.2, 0) is 24.0 Å². The van der Waals surface area contributed by atoms with Crippen molar-refractivity contribution in [3.05, 3.63) is 17.5 Å². The third-order valence-electron chi connectivity index (χ3n) is 4.05. The molecule has 2 aliphatic heterocycles. The zero-order valence-electron chi connectivity index (χ0n) is 15.2. The summed E-state index contributed by atoms with van der Waals surface area (Å²) in [6, 6.07) is -0.998. The highest BCUT2D eigenvalue weighted by molar-refractivity contribution is 8.01. The van der Waals surface area contributed by atoms with Gasteiger partial charge in [-0.3, -0.25) is 19.3 Å². The minimum absolute atomic E-state index is 0.0955. The van der Waals surface area contributed by atoms with Crippen LogP contribution in [0, 0.1) is 0 Å². The fourth-order valence-corrected chi connectivity index (χ4v) is 5.79. The number of thioether (sulfide) groups is 2. The summed E-state index contributed by atoms with van der Waals surface area (Å²) < 4.78 is 4.58. The quantitative estimate of drug-likeness (QED) is 0.122. The van der Waals surface area contributed by atoms with Crippen molar-refractivity contribution in [3.8, 4) is 0 Å². The summed E-state index contributed by atoms with van der Waals surface area (Å²) in [5, 5.41) is 18.6. The van der Waals surface area contributed by atoms with Crippen LogP contribution in [-0.4, -0.2) is 84.8 Å². The number of halogens is 1. The van der Waals surface area contributed by atoms with E-state index in [4.69, 9.17) is 11.6 Å². The second-order valence-electron chi connectivity index (χ2n) is 5.82. The molecule has 2 amide bonds. The van der Waals surface area contributed by atoms with E-state index in [0.29, 0.717) is 17.1 Å². The summed E-state index contributed by atoms with van der Waals surface area (Å²) in [5.41, 5.74) is -0.0788. The molecule has 2 atom stereocenters. The maximum atomic E-state index is 12.6. The van der Waals surface area contributed by atoms with E-state index in [1.165, 1.54) is 35.1 Å². The topological polar surface area (TPSA) is 151 Å². The van der Waals surface area contributed by atoms with Gasteiger partial charge in [-0.15, -0.1) is 40.2 Å². The van der Waals surface area contributed by atoms with Gasteiger partial charge in [-0.25, -0.2) is 4.79 Å². The number of rotatable bonds is 9. The lowest BCUT2D eigenvalue weighted by Gasteiger charge is -2.49. The van der Waals surface area contributed by atoms with Gasteiger partial charge in [0, 0.05) is 11.5 Å². The van der Waals surface area contributed by atoms with Gasteiger partial charge in [0.1, 0.15) is 28.4 Å². The molecule has 11 nitrogen and oxygen atoms in total. The number of Topliss-reactive ketones (excluding diaryl/α,β-unsaturated/α-hetero) is 1. The number of carbonyl (C=O) groups excluding carboxylic acids is 3. The number of β-lactam (4-membered cyclic amide) rings is 1. The molecule has 0 spiro atoms. The molecular formula is C15H14ClN5O6S3. The van der Waals surface area contributed by atoms with Crippen molar-refractivity contribution in [2.75, 3.05) is 24.5 Å². The van der Waals surface area contributed by atoms with Crippen LogP contribution in [0.2, 0.25) is 0 Å². The Morgan fingerprint density at radius 1 is 1.50 bits per heavy atom. The Labute approximate surface area is 187 Å². The molecule has 15 heteroatoms. The van der Waals surface area contributed by atoms with E-state index in [2.05, 4.69) is 24.9 Å². The maximum absolute atomic E-state index is 12.6. The molecule has 1 fully saturated rings. The van der Waals surface area contributed by atoms with Gasteiger partial charge in [0.2, 0.25) is 11.5 Å². The number of aromatic nitrogens is 2. The van der Waals surface area contributed by atoms with E-state index < -0.39 is 46.6 Å². The average Bonchev–Trinajstić information content (AvgIpc) is 3.26. The molecule has 1 aromatic heterocycles. The van der Waals surface area contributed by atoms with Crippen LogP contribution in [0.25, 0.3) is 0 Å². The minimum atomic E-state index is -1.23. The first-order chi connectivity index (χ1) is 14.4. The highest BCUT2D eigenvalue weighted by atomic mass is 35.5. The van der Waals surface area contributed by atoms with Crippen LogP contribution < -0.4 is 5.32 Å². The maximum Gasteiger partial charge on any atom is 0.352 e. The SMILES string of the molecule is CO/N=C(/C(=O)CCl)C(=O)N[C@@H]1C(=O)N2C(C(=O)O)=C(CSc3cnns3)CS[C@@H]12. The second kappa shape index (κ2) is 9.76. The number of alkyl halides is 1. The molecule has 2 N–H and O–H groups in total. The molecular weight excluding hydrogens is 478 g/mol. The summed E-state index contributed by atoms with van der Waals surface area (Å²) >= 11 is 9.35. The molecule has 1 aromatic rings. The van der Waals surface area contributed by atoms with Crippen molar-refractivity contribution >= 4 is 75.9 Å². The predicted octanol–water partition coefficient (Wildman–Crippen LogP) is 0.179. The van der Waals surface area contributed by atoms with E-state index in [1.54, 1.807) is 6.20 Å². The standard InChI is InChI=1S/C15H14ClN5O6S3/c1-27-19-9(7(22)2-16)12(23)18-10-13(24)21-11(15(25)26)6(5-29-14(10)21)4-28-8-3-17-20-30-8/h3,10,14H,2,4-5H2,1H3,(H,18,23)(H,25,26)/b19-9-/t10-,14+/m1/s1. The molecule has 1 saturated heterocycles. The monoisotopic (exact) mass is 491 g/mol. The first kappa shape index (κ1) is 22.5. The first-order valence-corrected chi connectivity index (χ1v) is 11.5. The Balaban J connectivity index is 1.74. The number of hydrogen-bond acceptors (Lipinski definition) is 11. The second-order valence-corrected chi connectivity index (χ2v) is 9.26. The van der Waals surface area contributed by atoms with Crippen LogP contribution in [0.15, 0.2) is 26.8 Å². The van der Waals surface area contributed by atoms with Crippen LogP contribution in [0.3, 0.4) is 0 Å². The summed E-state index contributed by atoms with van der Waals surface area (Å²) in [7, 11) is 1.16. The lowest BCUT2D eigenvalue weighted by atomic mass is 10.0. The van der Waals surface area contributed by atoms with Gasteiger partial charge >= 0.3 is 5.97 Å². The number of carboxylic acid groups (broad SMARTS) is 1. The van der Waals surface area contributed by atoms with Gasteiger partial charge in [-0.1, -0.05) is 9.64 Å². The molecule has 0 bridgehead atoms. The van der Waals surface area contributed by atoms with Gasteiger partial charge < -0.3 is 15.3 Å². The number of carbonyl (C=O) groups is 4. The summed E-state index contributed by atoms with van der Waals surface area (Å²) in [6.07, 6.45) is 1.58. The van der Waals surface area contributed by atoms with Crippen LogP contribution in [0.4, 0.5) is 0 Å². The molecule has 160 valence electrons. The smallest absolute Gasteiger partial charge is 0.352 e. The number of nitrogens with one attached hydrogen (secondary N) is 1. The van der Waals surface area contributed by atoms with Crippen molar-refractivity contribution < 1.29 is 29.1 Å². The number of aliphatic carboxylic acids is 1. The summed E-state index contributed by atoms with van der Waals surface area (Å²) in [4.78, 5) is 54.2. The number of carboxylic acids is 1. The number of oxime groups is 1. The number of fused-ring (bicyclic) bond motifs is 1. The number of nitrogens with zero attached hydrogens (tertiary/aromatic N) is 4. The number of hydrogen-bond donors (Lipinski definition) is 2. The molecule has 0 unspecified atom stereocenters. The Kier molecular flexibility index (Phi) is 7.33. The van der Waals surface area contributed by atoms with Gasteiger partial charge in [-0.05, 0) is 17.1 Å². The van der Waals surface area contributed by atoms with Gasteiger partial charge in [0.15, 0.2) is 0 Å². The zero-order chi connectivity index (χ0) is 21.8. The highest BCUT2D eigenvalue weighted by Gasteiger charge is 2.54. The lowest BCUT2D eigenvalue weighted by Crippen LogP contribution is -2.71. The number of ketones is 1. The summed E-state index contributed by atoms with van der Waals surface area (Å²) in [5.74, 6) is -3.26. The number of amides is 2. The van der Waals surface area contributed by atoms with Crippen molar-refractivity contribution in [2.24, 2.45) is 5.16 Å². The van der Waals surface area contributed by atoms with Gasteiger partial charge in [0.05, 0.1) is 12.1 Å². The molecule has 3 heterocycles. The molecule has 0 saturated carbocycles. The van der Waals surface area contributed by atoms with E-state index in [9.17, 15) is 24.3 Å². The first-order valence-electron chi connectivity index (χ1n) is 8.20. The minimum Gasteiger partial charge on any atom is -0.477 e. The molecule has 0 aromatic carbocycles. The largest absolute Gasteiger partial charge is 0.477 e. The Bertz CT molecular complexity index is 937. The Morgan fingerprint density at radius 3 is 2.87 bits per heavy atom. The van der Waals surface area contributed by atoms with Crippen LogP contribution in [0.5, 0.6) is 0 Å². The van der Waals surface area contributed by atoms with Crippen LogP contribution >= 0.6 is 46.7 Å². The predicted molar refractivity (Wildman–Crippen MR) is 110 cm³/mol. The third kappa shape index (κ3) is 4.45. The Morgan fingerprint density at radius 2 is 2.27 bits per heavy atom. The third-order valence-corrected chi connectivity index (χ3v) is 7.55. The van der Waals surface area contributed by atoms with Crippen molar-refractivity contribution in [1.29, 1.82) is 0 Å². The van der Waals surface area contributed by atoms with Crippen LogP contribution in [0.1, 0.15) is 0 Å². The fourth-order valence-electron chi connectivity index (χ4n) is 2.76. The lowest BCUT2D eigenvalue weighted by molar-refractivity contribution is -0.150. The highest BCUT2D eigenvalue weighted by Crippen LogP contribution is 2.41. The van der Waals surface area contributed by atoms with Gasteiger partial charge in [0.25, 0.3) is 11.8 Å². The average molecular weight is 492 g/mol. The van der Waals surface area contributed by atoms with Crippen molar-refractivity contribution in [3.63, 3.8) is 0 Å². The normalized spacial score (nSPS) is 21.1. The molecule has 3 rings (SSSR count). The van der Waals surface area contributed by atoms with Gasteiger partial charge in [-0.2, -0.15) is 0 Å².